The van der Waals surface area contributed by atoms with Crippen LogP contribution >= 0.6 is 0 Å². The molecule has 0 aromatic heterocycles. The zero-order valence-electron chi connectivity index (χ0n) is 17.0. The maximum Gasteiger partial charge on any atom is 0.0756 e. The quantitative estimate of drug-likeness (QED) is 0.790. The highest BCUT2D eigenvalue weighted by Crippen LogP contribution is 2.49. The molecule has 2 aliphatic carbocycles. The van der Waals surface area contributed by atoms with Crippen molar-refractivity contribution >= 4 is 0 Å². The van der Waals surface area contributed by atoms with Gasteiger partial charge in [0.1, 0.15) is 0 Å². The summed E-state index contributed by atoms with van der Waals surface area (Å²) < 4.78 is 0. The second-order valence-electron chi connectivity index (χ2n) is 9.92. The summed E-state index contributed by atoms with van der Waals surface area (Å²) >= 11 is 0. The van der Waals surface area contributed by atoms with E-state index in [1.165, 1.54) is 123 Å². The minimum atomic E-state index is -0.385. The predicted molar refractivity (Wildman–Crippen MR) is 108 cm³/mol. The van der Waals surface area contributed by atoms with Crippen molar-refractivity contribution < 1.29 is 5.11 Å². The second-order valence-corrected chi connectivity index (χ2v) is 9.92. The Balaban J connectivity index is 1.49. The van der Waals surface area contributed by atoms with Gasteiger partial charge >= 0.3 is 0 Å². The first-order valence-electron chi connectivity index (χ1n) is 11.9. The van der Waals surface area contributed by atoms with E-state index in [1.807, 2.05) is 0 Å². The van der Waals surface area contributed by atoms with E-state index in [2.05, 4.69) is 9.80 Å². The van der Waals surface area contributed by atoms with Crippen molar-refractivity contribution in [2.45, 2.75) is 89.1 Å². The van der Waals surface area contributed by atoms with Gasteiger partial charge in [-0.3, -0.25) is 0 Å². The van der Waals surface area contributed by atoms with Crippen molar-refractivity contribution in [1.29, 1.82) is 0 Å². The summed E-state index contributed by atoms with van der Waals surface area (Å²) in [6.45, 7) is 7.43. The molecular formula is C23H42N2O. The molecular weight excluding hydrogens is 320 g/mol. The van der Waals surface area contributed by atoms with Crippen LogP contribution in [0.4, 0.5) is 0 Å². The molecule has 2 heterocycles. The van der Waals surface area contributed by atoms with Gasteiger partial charge < -0.3 is 14.9 Å². The van der Waals surface area contributed by atoms with Crippen molar-refractivity contribution in [1.82, 2.24) is 9.80 Å². The molecule has 2 atom stereocenters. The monoisotopic (exact) mass is 362 g/mol. The Morgan fingerprint density at radius 1 is 0.577 bits per heavy atom. The molecule has 0 spiro atoms. The smallest absolute Gasteiger partial charge is 0.0756 e. The Labute approximate surface area is 161 Å². The van der Waals surface area contributed by atoms with Gasteiger partial charge in [0, 0.05) is 24.9 Å². The van der Waals surface area contributed by atoms with Gasteiger partial charge in [-0.25, -0.2) is 0 Å². The van der Waals surface area contributed by atoms with Gasteiger partial charge in [-0.15, -0.1) is 0 Å². The molecule has 0 aromatic carbocycles. The maximum atomic E-state index is 12.3. The van der Waals surface area contributed by atoms with E-state index in [4.69, 9.17) is 0 Å². The molecule has 150 valence electrons. The molecule has 2 saturated heterocycles. The average Bonchev–Trinajstić information content (AvgIpc) is 3.22. The Hall–Kier alpha value is -0.120. The summed E-state index contributed by atoms with van der Waals surface area (Å²) in [6, 6.07) is 0. The molecule has 0 aromatic rings. The van der Waals surface area contributed by atoms with E-state index in [0.29, 0.717) is 17.8 Å². The molecule has 2 aliphatic heterocycles. The van der Waals surface area contributed by atoms with Crippen LogP contribution < -0.4 is 0 Å². The summed E-state index contributed by atoms with van der Waals surface area (Å²) in [4.78, 5) is 5.38. The fourth-order valence-corrected chi connectivity index (χ4v) is 6.84. The van der Waals surface area contributed by atoms with Gasteiger partial charge in [-0.2, -0.15) is 0 Å². The number of piperidine rings is 2. The van der Waals surface area contributed by atoms with Crippen LogP contribution in [0.15, 0.2) is 0 Å². The molecule has 0 amide bonds. The van der Waals surface area contributed by atoms with Crippen LogP contribution in [0.1, 0.15) is 83.5 Å². The lowest BCUT2D eigenvalue weighted by molar-refractivity contribution is -0.148. The van der Waals surface area contributed by atoms with E-state index in [0.717, 1.165) is 0 Å². The molecule has 2 saturated carbocycles. The predicted octanol–water partition coefficient (Wildman–Crippen LogP) is 4.30. The van der Waals surface area contributed by atoms with Crippen LogP contribution in [-0.2, 0) is 0 Å². The summed E-state index contributed by atoms with van der Waals surface area (Å²) in [5, 5.41) is 12.3. The Morgan fingerprint density at radius 2 is 1.04 bits per heavy atom. The second kappa shape index (κ2) is 8.92. The first kappa shape index (κ1) is 19.2. The fraction of sp³-hybridized carbons (Fsp3) is 1.00. The first-order valence-corrected chi connectivity index (χ1v) is 11.9. The third-order valence-corrected chi connectivity index (χ3v) is 8.28. The Kier molecular flexibility index (Phi) is 6.59. The molecule has 0 radical (unpaired) electrons. The Morgan fingerprint density at radius 3 is 1.50 bits per heavy atom. The van der Waals surface area contributed by atoms with Gasteiger partial charge in [-0.05, 0) is 83.5 Å². The highest BCUT2D eigenvalue weighted by atomic mass is 16.3. The maximum absolute atomic E-state index is 12.3. The topological polar surface area (TPSA) is 26.7 Å². The number of nitrogens with zero attached hydrogens (tertiary/aromatic N) is 2. The molecule has 4 fully saturated rings. The van der Waals surface area contributed by atoms with Gasteiger partial charge in [0.25, 0.3) is 0 Å². The molecule has 4 rings (SSSR count). The van der Waals surface area contributed by atoms with E-state index in [1.54, 1.807) is 0 Å². The standard InChI is InChI=1S/C23H42N2O/c26-23(20-10-3-4-11-20)21(18-24-14-5-1-6-15-24)12-9-13-22(23)19-25-16-7-2-8-17-25/h20-22,26H,1-19H2. The third kappa shape index (κ3) is 4.15. The van der Waals surface area contributed by atoms with Crippen LogP contribution in [0, 0.1) is 17.8 Å². The van der Waals surface area contributed by atoms with Crippen LogP contribution in [0.25, 0.3) is 0 Å². The molecule has 26 heavy (non-hydrogen) atoms. The summed E-state index contributed by atoms with van der Waals surface area (Å²) in [7, 11) is 0. The van der Waals surface area contributed by atoms with E-state index >= 15 is 0 Å². The zero-order chi connectivity index (χ0) is 17.8. The summed E-state index contributed by atoms with van der Waals surface area (Å²) in [5.74, 6) is 1.62. The lowest BCUT2D eigenvalue weighted by Gasteiger charge is -2.52. The third-order valence-electron chi connectivity index (χ3n) is 8.28. The van der Waals surface area contributed by atoms with Gasteiger partial charge in [0.05, 0.1) is 5.60 Å². The lowest BCUT2D eigenvalue weighted by Crippen LogP contribution is -2.59. The van der Waals surface area contributed by atoms with Gasteiger partial charge in [-0.1, -0.05) is 32.1 Å². The number of likely N-dealkylation sites (tertiary alicyclic amines) is 2. The summed E-state index contributed by atoms with van der Waals surface area (Å²) in [5.41, 5.74) is -0.385. The first-order chi connectivity index (χ1) is 12.8. The molecule has 4 aliphatic rings. The molecule has 1 N–H and O–H groups in total. The van der Waals surface area contributed by atoms with Crippen LogP contribution in [0.5, 0.6) is 0 Å². The van der Waals surface area contributed by atoms with Crippen LogP contribution in [0.2, 0.25) is 0 Å². The number of hydrogen-bond acceptors (Lipinski definition) is 3. The van der Waals surface area contributed by atoms with Crippen molar-refractivity contribution in [2.75, 3.05) is 39.3 Å². The number of rotatable bonds is 5. The zero-order valence-corrected chi connectivity index (χ0v) is 17.0. The average molecular weight is 363 g/mol. The minimum Gasteiger partial charge on any atom is -0.389 e. The highest BCUT2D eigenvalue weighted by Gasteiger charge is 2.52. The van der Waals surface area contributed by atoms with Crippen LogP contribution in [-0.4, -0.2) is 59.8 Å². The fourth-order valence-electron chi connectivity index (χ4n) is 6.84. The largest absolute Gasteiger partial charge is 0.389 e. The van der Waals surface area contributed by atoms with Crippen molar-refractivity contribution in [3.05, 3.63) is 0 Å². The SMILES string of the molecule is OC1(C2CCCC2)C(CN2CCCCC2)CCCC1CN1CCCCC1. The van der Waals surface area contributed by atoms with Crippen molar-refractivity contribution in [3.8, 4) is 0 Å². The van der Waals surface area contributed by atoms with Gasteiger partial charge in [0.15, 0.2) is 0 Å². The molecule has 2 unspecified atom stereocenters. The van der Waals surface area contributed by atoms with Crippen molar-refractivity contribution in [3.63, 3.8) is 0 Å². The molecule has 0 bridgehead atoms. The van der Waals surface area contributed by atoms with Crippen LogP contribution in [0.3, 0.4) is 0 Å². The van der Waals surface area contributed by atoms with Crippen molar-refractivity contribution in [2.24, 2.45) is 17.8 Å². The van der Waals surface area contributed by atoms with E-state index in [9.17, 15) is 5.11 Å². The Bertz CT molecular complexity index is 394. The lowest BCUT2D eigenvalue weighted by atomic mass is 9.61. The molecule has 3 nitrogen and oxygen atoms in total. The summed E-state index contributed by atoms with van der Waals surface area (Å²) in [6.07, 6.45) is 17.4. The molecule has 3 heteroatoms. The number of aliphatic hydroxyl groups is 1. The van der Waals surface area contributed by atoms with E-state index in [-0.39, 0.29) is 5.60 Å². The normalized spacial score (nSPS) is 38.7. The van der Waals surface area contributed by atoms with Gasteiger partial charge in [0.2, 0.25) is 0 Å². The minimum absolute atomic E-state index is 0.385. The number of hydrogen-bond donors (Lipinski definition) is 1. The highest BCUT2D eigenvalue weighted by molar-refractivity contribution is 5.03. The van der Waals surface area contributed by atoms with E-state index < -0.39 is 0 Å².